The predicted molar refractivity (Wildman–Crippen MR) is 57.6 cm³/mol. The van der Waals surface area contributed by atoms with Crippen molar-refractivity contribution in [2.24, 2.45) is 5.92 Å². The first-order chi connectivity index (χ1) is 7.94. The van der Waals surface area contributed by atoms with Crippen molar-refractivity contribution in [3.05, 3.63) is 18.8 Å². The molecule has 0 unspecified atom stereocenters. The van der Waals surface area contributed by atoms with E-state index in [0.717, 1.165) is 5.57 Å². The molecule has 0 spiro atoms. The van der Waals surface area contributed by atoms with Crippen molar-refractivity contribution >= 4 is 11.9 Å². The first-order valence-electron chi connectivity index (χ1n) is 5.44. The van der Waals surface area contributed by atoms with Gasteiger partial charge in [0.15, 0.2) is 0 Å². The molecule has 1 saturated carbocycles. The van der Waals surface area contributed by atoms with Crippen molar-refractivity contribution in [3.8, 4) is 0 Å². The van der Waals surface area contributed by atoms with Gasteiger partial charge in [-0.1, -0.05) is 11.5 Å². The third-order valence-electron chi connectivity index (χ3n) is 3.10. The number of hydrogen-bond donors (Lipinski definition) is 0. The number of carbonyl (C=O) groups excluding carboxylic acids is 2. The Balaban J connectivity index is 0.00000162. The molecule has 1 heterocycles. The van der Waals surface area contributed by atoms with Crippen molar-refractivity contribution in [1.82, 2.24) is 0 Å². The van der Waals surface area contributed by atoms with Crippen molar-refractivity contribution in [2.75, 3.05) is 6.61 Å². The Bertz CT molecular complexity index is 381. The molecule has 2 fully saturated rings. The van der Waals surface area contributed by atoms with Crippen LogP contribution >= 0.6 is 0 Å². The zero-order valence-corrected chi connectivity index (χ0v) is 14.6. The first kappa shape index (κ1) is 15.7. The smallest absolute Gasteiger partial charge is 0.302 e. The summed E-state index contributed by atoms with van der Waals surface area (Å²) in [4.78, 5) is 21.9. The maximum absolute atomic E-state index is 11.1. The van der Waals surface area contributed by atoms with Gasteiger partial charge in [0.05, 0.1) is 0 Å². The van der Waals surface area contributed by atoms with E-state index in [2.05, 4.69) is 6.58 Å². The average Bonchev–Trinajstić information content (AvgIpc) is 2.67. The molecule has 1 aliphatic heterocycles. The van der Waals surface area contributed by atoms with Crippen LogP contribution in [0.15, 0.2) is 12.2 Å². The van der Waals surface area contributed by atoms with E-state index in [1.54, 1.807) is 6.61 Å². The quantitative estimate of drug-likeness (QED) is 0.345. The van der Waals surface area contributed by atoms with Gasteiger partial charge in [-0.25, -0.2) is 0 Å². The fourth-order valence-electron chi connectivity index (χ4n) is 2.38. The molecule has 2 aliphatic rings. The van der Waals surface area contributed by atoms with Crippen LogP contribution in [0.2, 0.25) is 0 Å². The van der Waals surface area contributed by atoms with E-state index in [4.69, 9.17) is 14.2 Å². The molecule has 6 heteroatoms. The normalized spacial score (nSPS) is 32.9. The van der Waals surface area contributed by atoms with Gasteiger partial charge in [-0.2, -0.15) is 6.61 Å². The zero-order chi connectivity index (χ0) is 12.6. The van der Waals surface area contributed by atoms with Crippen LogP contribution in [0.1, 0.15) is 20.3 Å². The van der Waals surface area contributed by atoms with E-state index in [1.807, 2.05) is 0 Å². The van der Waals surface area contributed by atoms with Gasteiger partial charge in [0.1, 0.15) is 18.3 Å². The minimum atomic E-state index is -0.779. The molecule has 0 radical (unpaired) electrons. The van der Waals surface area contributed by atoms with Gasteiger partial charge in [-0.3, -0.25) is 9.59 Å². The zero-order valence-electron chi connectivity index (χ0n) is 10.4. The molecule has 18 heavy (non-hydrogen) atoms. The predicted octanol–water partition coefficient (Wildman–Crippen LogP) is 0.988. The molecule has 0 aromatic rings. The summed E-state index contributed by atoms with van der Waals surface area (Å²) < 4.78 is 15.8. The molecule has 2 bridgehead atoms. The van der Waals surface area contributed by atoms with Crippen LogP contribution in [0.4, 0.5) is 0 Å². The Hall–Kier alpha value is -0.308. The number of ether oxygens (including phenoxy) is 3. The first-order valence-corrected chi connectivity index (χ1v) is 5.44. The van der Waals surface area contributed by atoms with Gasteiger partial charge >= 0.3 is 11.9 Å². The van der Waals surface area contributed by atoms with Crippen LogP contribution in [0, 0.1) is 43.6 Å². The molecule has 0 amide bonds. The number of carbonyl (C=O) groups is 2. The second-order valence-electron chi connectivity index (χ2n) is 4.49. The monoisotopic (exact) mass is 477 g/mol. The average molecular weight is 477 g/mol. The standard InChI is InChI=1S/C12H15O5.U/c1-7-4-12(6-15-8(2)13)11(17-9(3)14)10(7)5-16-12;/h5,10-11H,1,4,6H2,2-3H3;/q-1;/t10-,11+,12-;/m1./s1. The van der Waals surface area contributed by atoms with Crippen LogP contribution in [0.25, 0.3) is 0 Å². The largest absolute Gasteiger partial charge is 0.541 e. The summed E-state index contributed by atoms with van der Waals surface area (Å²) in [6.07, 6.45) is 0.103. The maximum atomic E-state index is 11.1. The van der Waals surface area contributed by atoms with E-state index >= 15 is 0 Å². The maximum Gasteiger partial charge on any atom is 0.302 e. The van der Waals surface area contributed by atoms with Crippen LogP contribution in [-0.2, 0) is 23.8 Å². The Labute approximate surface area is 130 Å². The minimum absolute atomic E-state index is 0. The summed E-state index contributed by atoms with van der Waals surface area (Å²) in [5.74, 6) is -0.860. The van der Waals surface area contributed by atoms with E-state index in [-0.39, 0.29) is 55.6 Å². The molecule has 0 aromatic carbocycles. The summed E-state index contributed by atoms with van der Waals surface area (Å²) in [5, 5.41) is 0. The Kier molecular flexibility index (Phi) is 5.05. The number of esters is 2. The Morgan fingerprint density at radius 1 is 1.50 bits per heavy atom. The van der Waals surface area contributed by atoms with Gasteiger partial charge in [-0.05, 0) is 6.42 Å². The molecule has 0 N–H and O–H groups in total. The molecule has 2 rings (SSSR count). The van der Waals surface area contributed by atoms with Crippen LogP contribution < -0.4 is 0 Å². The van der Waals surface area contributed by atoms with Crippen molar-refractivity contribution in [3.63, 3.8) is 0 Å². The fourth-order valence-corrected chi connectivity index (χ4v) is 2.38. The summed E-state index contributed by atoms with van der Waals surface area (Å²) in [6, 6.07) is 0. The second-order valence-corrected chi connectivity index (χ2v) is 4.49. The molecular formula is C12H15O5U-. The molecule has 3 atom stereocenters. The minimum Gasteiger partial charge on any atom is -0.541 e. The number of hydrogen-bond acceptors (Lipinski definition) is 5. The van der Waals surface area contributed by atoms with E-state index < -0.39 is 11.7 Å². The molecular weight excluding hydrogens is 462 g/mol. The van der Waals surface area contributed by atoms with E-state index in [9.17, 15) is 9.59 Å². The Morgan fingerprint density at radius 2 is 2.17 bits per heavy atom. The molecule has 0 aromatic heterocycles. The van der Waals surface area contributed by atoms with Gasteiger partial charge < -0.3 is 14.2 Å². The van der Waals surface area contributed by atoms with E-state index in [0.29, 0.717) is 6.42 Å². The van der Waals surface area contributed by atoms with Gasteiger partial charge in [-0.15, -0.1) is 6.58 Å². The third kappa shape index (κ3) is 2.81. The second kappa shape index (κ2) is 5.77. The summed E-state index contributed by atoms with van der Waals surface area (Å²) in [6.45, 7) is 8.29. The van der Waals surface area contributed by atoms with Crippen molar-refractivity contribution < 1.29 is 54.9 Å². The van der Waals surface area contributed by atoms with Crippen LogP contribution in [0.5, 0.6) is 0 Å². The number of fused-ring (bicyclic) bond motifs is 2. The SMILES string of the molecule is C=C1C[C@]2(COC(C)=O)O[CH-][C@H]1[C@@H]2OC(C)=O.[U]. The van der Waals surface area contributed by atoms with Gasteiger partial charge in [0, 0.05) is 45.0 Å². The van der Waals surface area contributed by atoms with E-state index in [1.165, 1.54) is 13.8 Å². The molecule has 1 saturated heterocycles. The van der Waals surface area contributed by atoms with Crippen LogP contribution in [-0.4, -0.2) is 30.3 Å². The summed E-state index contributed by atoms with van der Waals surface area (Å²) in [7, 11) is 0. The van der Waals surface area contributed by atoms with Gasteiger partial charge in [0.2, 0.25) is 0 Å². The molecule has 98 valence electrons. The Morgan fingerprint density at radius 3 is 2.67 bits per heavy atom. The third-order valence-corrected chi connectivity index (χ3v) is 3.10. The molecule has 5 nitrogen and oxygen atoms in total. The topological polar surface area (TPSA) is 61.8 Å². The van der Waals surface area contributed by atoms with Crippen molar-refractivity contribution in [1.29, 1.82) is 0 Å². The number of rotatable bonds is 3. The van der Waals surface area contributed by atoms with Crippen LogP contribution in [0.3, 0.4) is 0 Å². The summed E-state index contributed by atoms with van der Waals surface area (Å²) in [5.41, 5.74) is 0.161. The van der Waals surface area contributed by atoms with Gasteiger partial charge in [0.25, 0.3) is 0 Å². The molecule has 1 aliphatic carbocycles. The summed E-state index contributed by atoms with van der Waals surface area (Å²) >= 11 is 0. The fraction of sp³-hybridized carbons (Fsp3) is 0.583. The van der Waals surface area contributed by atoms with Crippen molar-refractivity contribution in [2.45, 2.75) is 32.0 Å².